The van der Waals surface area contributed by atoms with Crippen molar-refractivity contribution in [2.45, 2.75) is 44.6 Å². The van der Waals surface area contributed by atoms with Crippen LogP contribution in [0.3, 0.4) is 0 Å². The Kier molecular flexibility index (Phi) is 179000. The van der Waals surface area contributed by atoms with Gasteiger partial charge in [0.2, 0.25) is 0 Å². The Morgan fingerprint density at radius 3 is 0.250 bits per heavy atom. The van der Waals surface area contributed by atoms with Crippen LogP contribution in [0, 0.1) is 0 Å². The molecule has 0 saturated carbocycles. The molecule has 0 amide bonds. The van der Waals surface area contributed by atoms with Crippen molar-refractivity contribution in [1.29, 1.82) is 0 Å². The summed E-state index contributed by atoms with van der Waals surface area (Å²) >= 11 is 0. The second kappa shape index (κ2) is 976. The molecule has 0 nitrogen and oxygen atoms in total. The fourth-order valence-corrected chi connectivity index (χ4v) is 0. The molecule has 0 spiro atoms. The molecule has 0 saturated heterocycles. The second-order valence-electron chi connectivity index (χ2n) is 0. The smallest absolute Gasteiger partial charge is 0.0776 e. The maximum atomic E-state index is 0. The lowest BCUT2D eigenvalue weighted by Gasteiger charge is -0.148. The Hall–Kier alpha value is 0.580. The Morgan fingerprint density at radius 1 is 0.250 bits per heavy atom. The lowest BCUT2D eigenvalue weighted by atomic mass is 12.0. The van der Waals surface area contributed by atoms with Crippen molar-refractivity contribution in [2.24, 2.45) is 0 Å². The molecule has 0 heterocycles. The maximum absolute atomic E-state index is 0. The first-order valence-electron chi connectivity index (χ1n) is 0. The summed E-state index contributed by atoms with van der Waals surface area (Å²) in [5.41, 5.74) is 0. The molecule has 2 heteroatoms. The second-order valence-corrected chi connectivity index (χ2v) is 0. The first-order valence-corrected chi connectivity index (χ1v) is 0. The highest BCUT2D eigenvalue weighted by Gasteiger charge is -0.0724. The molecule has 0 fully saturated rings. The molecule has 0 N–H and O–H groups in total. The van der Waals surface area contributed by atoms with Gasteiger partial charge in [-0.15, -0.1) is 24.8 Å². The van der Waals surface area contributed by atoms with E-state index in [4.69, 9.17) is 0 Å². The maximum Gasteiger partial charge on any atom is -0.0776 e. The summed E-state index contributed by atoms with van der Waals surface area (Å²) in [5, 5.41) is 0. The average Bonchev–Trinajstić information content (AvgIpc) is 0. The van der Waals surface area contributed by atoms with Gasteiger partial charge in [-0.05, 0) is 0 Å². The van der Waals surface area contributed by atoms with Crippen LogP contribution in [0.2, 0.25) is 0 Å². The normalized spacial score (nSPS) is 0. The summed E-state index contributed by atoms with van der Waals surface area (Å²) in [5.74, 6) is 0. The molecule has 0 bridgehead atoms. The molecule has 0 atom stereocenters. The zero-order chi connectivity index (χ0) is 0. The third-order valence-electron chi connectivity index (χ3n) is 0. The standard InChI is InChI=1S/6CH4.2ClH/h6*1H4;2*1H. The van der Waals surface area contributed by atoms with E-state index in [1.165, 1.54) is 0 Å². The SMILES string of the molecule is C.C.C.C.C.C.Cl.Cl. The Morgan fingerprint density at radius 2 is 0.250 bits per heavy atom. The van der Waals surface area contributed by atoms with Crippen molar-refractivity contribution in [3.8, 4) is 0 Å². The quantitative estimate of drug-likeness (QED) is 0.494. The third kappa shape index (κ3) is 609. The summed E-state index contributed by atoms with van der Waals surface area (Å²) in [7, 11) is 0. The Labute approximate surface area is 69.9 Å². The molecule has 0 radical (unpaired) electrons. The van der Waals surface area contributed by atoms with Crippen molar-refractivity contribution < 1.29 is 0 Å². The molecule has 0 aromatic heterocycles. The van der Waals surface area contributed by atoms with Gasteiger partial charge in [0.05, 0.1) is 0 Å². The number of hydrogen-bond acceptors (Lipinski definition) is 0. The first-order chi connectivity index (χ1) is 0. The van der Waals surface area contributed by atoms with Gasteiger partial charge < -0.3 is 0 Å². The predicted octanol–water partition coefficient (Wildman–Crippen LogP) is 4.66. The van der Waals surface area contributed by atoms with Crippen molar-refractivity contribution in [2.75, 3.05) is 0 Å². The molecule has 0 rings (SSSR count). The van der Waals surface area contributed by atoms with Crippen LogP contribution in [0.1, 0.15) is 44.6 Å². The van der Waals surface area contributed by atoms with Gasteiger partial charge in [-0.3, -0.25) is 0 Å². The summed E-state index contributed by atoms with van der Waals surface area (Å²) in [6.45, 7) is 0. The molecular formula is C6H26Cl2. The molecular weight excluding hydrogens is 143 g/mol. The van der Waals surface area contributed by atoms with Crippen LogP contribution in [0.5, 0.6) is 0 Å². The van der Waals surface area contributed by atoms with Crippen molar-refractivity contribution in [1.82, 2.24) is 0 Å². The Bertz CT molecular complexity index is 6.49. The topological polar surface area (TPSA) is 0 Å². The highest BCUT2D eigenvalue weighted by atomic mass is 35.5. The van der Waals surface area contributed by atoms with Gasteiger partial charge in [0.1, 0.15) is 0 Å². The van der Waals surface area contributed by atoms with E-state index in [2.05, 4.69) is 0 Å². The van der Waals surface area contributed by atoms with E-state index >= 15 is 0 Å². The van der Waals surface area contributed by atoms with Crippen LogP contribution in [0.25, 0.3) is 0 Å². The van der Waals surface area contributed by atoms with Crippen LogP contribution in [-0.2, 0) is 0 Å². The summed E-state index contributed by atoms with van der Waals surface area (Å²) < 4.78 is 0. The minimum atomic E-state index is 0. The molecule has 0 unspecified atom stereocenters. The predicted molar refractivity (Wildman–Crippen MR) is 54.9 cm³/mol. The lowest BCUT2D eigenvalue weighted by Crippen LogP contribution is 0.143. The zero-order valence-corrected chi connectivity index (χ0v) is 2.45. The number of rotatable bonds is 0. The van der Waals surface area contributed by atoms with E-state index in [0.29, 0.717) is 0 Å². The summed E-state index contributed by atoms with van der Waals surface area (Å²) in [4.78, 5) is 0. The molecule has 64 valence electrons. The van der Waals surface area contributed by atoms with Gasteiger partial charge in [-0.25, -0.2) is 0 Å². The fourth-order valence-electron chi connectivity index (χ4n) is 0. The van der Waals surface area contributed by atoms with Gasteiger partial charge in [-0.1, -0.05) is 44.6 Å². The lowest BCUT2D eigenvalue weighted by molar-refractivity contribution is 2.50. The molecule has 0 aromatic carbocycles. The van der Waals surface area contributed by atoms with Gasteiger partial charge in [-0.2, -0.15) is 0 Å². The third-order valence-corrected chi connectivity index (χ3v) is 0. The summed E-state index contributed by atoms with van der Waals surface area (Å²) in [6, 6.07) is 0. The van der Waals surface area contributed by atoms with Crippen LogP contribution >= 0.6 is 24.8 Å². The molecule has 8 heavy (non-hydrogen) atoms. The van der Waals surface area contributed by atoms with E-state index in [0.717, 1.165) is 0 Å². The van der Waals surface area contributed by atoms with Crippen LogP contribution in [-0.4, -0.2) is 0 Å². The van der Waals surface area contributed by atoms with Crippen LogP contribution in [0.15, 0.2) is 0 Å². The van der Waals surface area contributed by atoms with Crippen LogP contribution < -0.4 is 0 Å². The number of hydrogen-bond donors (Lipinski definition) is 0. The monoisotopic (exact) mass is 168 g/mol. The first kappa shape index (κ1) is 1470. The Balaban J connectivity index is 0. The van der Waals surface area contributed by atoms with Crippen molar-refractivity contribution in [3.63, 3.8) is 0 Å². The molecule has 0 aliphatic heterocycles. The average molecular weight is 169 g/mol. The minimum absolute atomic E-state index is 0. The van der Waals surface area contributed by atoms with Gasteiger partial charge in [0.25, 0.3) is 0 Å². The van der Waals surface area contributed by atoms with E-state index in [-0.39, 0.29) is 69.4 Å². The highest BCUT2D eigenvalue weighted by Crippen LogP contribution is 0.691. The van der Waals surface area contributed by atoms with E-state index in [1.807, 2.05) is 0 Å². The van der Waals surface area contributed by atoms with E-state index in [1.54, 1.807) is 0 Å². The number of halogens is 2. The van der Waals surface area contributed by atoms with Crippen molar-refractivity contribution in [3.05, 3.63) is 0 Å². The summed E-state index contributed by atoms with van der Waals surface area (Å²) in [6.07, 6.45) is 0. The molecule has 0 aliphatic rings. The van der Waals surface area contributed by atoms with Crippen molar-refractivity contribution >= 4 is 24.8 Å². The minimum Gasteiger partial charge on any atom is -0.147 e. The fraction of sp³-hybridized carbons (Fsp3) is 1.00. The van der Waals surface area contributed by atoms with Gasteiger partial charge >= 0.3 is 0 Å². The highest BCUT2D eigenvalue weighted by molar-refractivity contribution is 5.85. The van der Waals surface area contributed by atoms with E-state index < -0.39 is 0 Å². The molecule has 0 aromatic rings. The van der Waals surface area contributed by atoms with E-state index in [9.17, 15) is 0 Å². The largest absolute Gasteiger partial charge is 0.147 e. The van der Waals surface area contributed by atoms with Crippen LogP contribution in [0.4, 0.5) is 0 Å². The van der Waals surface area contributed by atoms with Gasteiger partial charge in [0, 0.05) is 0 Å². The zero-order valence-electron chi connectivity index (χ0n) is 0.816. The molecule has 0 aliphatic carbocycles. The van der Waals surface area contributed by atoms with Gasteiger partial charge in [0.15, 0.2) is 0 Å².